The molecule has 2 aromatic carbocycles. The molecule has 0 bridgehead atoms. The summed E-state index contributed by atoms with van der Waals surface area (Å²) in [5.74, 6) is 0.208. The summed E-state index contributed by atoms with van der Waals surface area (Å²) in [5.41, 5.74) is 1.45. The molecule has 7 nitrogen and oxygen atoms in total. The molecule has 0 unspecified atom stereocenters. The lowest BCUT2D eigenvalue weighted by Gasteiger charge is -2.11. The molecule has 0 saturated heterocycles. The summed E-state index contributed by atoms with van der Waals surface area (Å²) in [6.45, 7) is 2.14. The van der Waals surface area contributed by atoms with Gasteiger partial charge in [0.2, 0.25) is 5.91 Å². The predicted octanol–water partition coefficient (Wildman–Crippen LogP) is 3.35. The minimum Gasteiger partial charge on any atom is -0.309 e. The van der Waals surface area contributed by atoms with Crippen LogP contribution in [0.3, 0.4) is 0 Å². The number of benzene rings is 2. The number of nitrogens with one attached hydrogen (secondary N) is 1. The van der Waals surface area contributed by atoms with Gasteiger partial charge in [-0.2, -0.15) is 10.2 Å². The molecule has 4 aromatic rings. The molecule has 0 atom stereocenters. The lowest BCUT2D eigenvalue weighted by Crippen LogP contribution is -2.30. The monoisotopic (exact) mass is 451 g/mol. The van der Waals surface area contributed by atoms with Crippen LogP contribution in [0.1, 0.15) is 11.3 Å². The SMILES string of the molecule is Cc1nn(CC(=O)Nc2ccnn2Cc2ccccc2Br)c(=O)c2ccccc12. The van der Waals surface area contributed by atoms with E-state index < -0.39 is 0 Å². The van der Waals surface area contributed by atoms with Gasteiger partial charge in [-0.3, -0.25) is 9.59 Å². The fourth-order valence-electron chi connectivity index (χ4n) is 3.18. The van der Waals surface area contributed by atoms with Gasteiger partial charge in [0.25, 0.3) is 5.56 Å². The summed E-state index contributed by atoms with van der Waals surface area (Å²) in [6.07, 6.45) is 1.62. The lowest BCUT2D eigenvalue weighted by atomic mass is 10.1. The first-order chi connectivity index (χ1) is 14.0. The first kappa shape index (κ1) is 19.1. The first-order valence-corrected chi connectivity index (χ1v) is 9.84. The molecule has 29 heavy (non-hydrogen) atoms. The average molecular weight is 452 g/mol. The molecule has 2 heterocycles. The molecule has 2 aromatic heterocycles. The van der Waals surface area contributed by atoms with Crippen molar-refractivity contribution in [2.45, 2.75) is 20.0 Å². The van der Waals surface area contributed by atoms with Gasteiger partial charge in [0.05, 0.1) is 23.8 Å². The summed E-state index contributed by atoms with van der Waals surface area (Å²) >= 11 is 3.52. The number of halogens is 1. The van der Waals surface area contributed by atoms with Gasteiger partial charge >= 0.3 is 0 Å². The van der Waals surface area contributed by atoms with Crippen molar-refractivity contribution < 1.29 is 4.79 Å². The highest BCUT2D eigenvalue weighted by Gasteiger charge is 2.13. The fourth-order valence-corrected chi connectivity index (χ4v) is 3.59. The summed E-state index contributed by atoms with van der Waals surface area (Å²) in [6, 6.07) is 16.8. The number of aryl methyl sites for hydroxylation is 1. The third kappa shape index (κ3) is 3.97. The molecule has 0 aliphatic heterocycles. The van der Waals surface area contributed by atoms with Gasteiger partial charge < -0.3 is 5.32 Å². The van der Waals surface area contributed by atoms with Crippen LogP contribution in [0.5, 0.6) is 0 Å². The Morgan fingerprint density at radius 3 is 2.55 bits per heavy atom. The van der Waals surface area contributed by atoms with Crippen molar-refractivity contribution in [2.75, 3.05) is 5.32 Å². The van der Waals surface area contributed by atoms with Gasteiger partial charge in [-0.25, -0.2) is 9.36 Å². The lowest BCUT2D eigenvalue weighted by molar-refractivity contribution is -0.117. The summed E-state index contributed by atoms with van der Waals surface area (Å²) < 4.78 is 3.86. The van der Waals surface area contributed by atoms with Gasteiger partial charge in [0, 0.05) is 15.9 Å². The molecule has 0 aliphatic rings. The quantitative estimate of drug-likeness (QED) is 0.504. The van der Waals surface area contributed by atoms with Crippen molar-refractivity contribution >= 4 is 38.4 Å². The smallest absolute Gasteiger partial charge is 0.275 e. The summed E-state index contributed by atoms with van der Waals surface area (Å²) in [5, 5.41) is 12.7. The van der Waals surface area contributed by atoms with Gasteiger partial charge in [-0.05, 0) is 24.6 Å². The second-order valence-electron chi connectivity index (χ2n) is 6.61. The number of rotatable bonds is 5. The van der Waals surface area contributed by atoms with Crippen LogP contribution in [0.2, 0.25) is 0 Å². The third-order valence-corrected chi connectivity index (χ3v) is 5.38. The molecule has 146 valence electrons. The van der Waals surface area contributed by atoms with Crippen LogP contribution in [-0.2, 0) is 17.9 Å². The molecular weight excluding hydrogens is 434 g/mol. The normalized spacial score (nSPS) is 11.0. The zero-order chi connectivity index (χ0) is 20.4. The van der Waals surface area contributed by atoms with E-state index in [0.29, 0.717) is 23.4 Å². The van der Waals surface area contributed by atoms with Crippen molar-refractivity contribution in [3.05, 3.63) is 86.9 Å². The summed E-state index contributed by atoms with van der Waals surface area (Å²) in [4.78, 5) is 25.3. The van der Waals surface area contributed by atoms with Crippen LogP contribution >= 0.6 is 15.9 Å². The molecule has 1 amide bonds. The molecule has 0 radical (unpaired) electrons. The molecule has 0 spiro atoms. The fraction of sp³-hybridized carbons (Fsp3) is 0.143. The number of nitrogens with zero attached hydrogens (tertiary/aromatic N) is 4. The van der Waals surface area contributed by atoms with E-state index in [-0.39, 0.29) is 18.0 Å². The Kier molecular flexibility index (Phi) is 5.26. The van der Waals surface area contributed by atoms with E-state index >= 15 is 0 Å². The Morgan fingerprint density at radius 2 is 1.76 bits per heavy atom. The minimum absolute atomic E-state index is 0.176. The zero-order valence-corrected chi connectivity index (χ0v) is 17.3. The molecule has 0 fully saturated rings. The second-order valence-corrected chi connectivity index (χ2v) is 7.46. The number of amides is 1. The largest absolute Gasteiger partial charge is 0.309 e. The number of aromatic nitrogens is 4. The van der Waals surface area contributed by atoms with Crippen molar-refractivity contribution in [3.8, 4) is 0 Å². The Labute approximate surface area is 175 Å². The van der Waals surface area contributed by atoms with Crippen molar-refractivity contribution in [2.24, 2.45) is 0 Å². The molecule has 0 aliphatic carbocycles. The van der Waals surface area contributed by atoms with Crippen LogP contribution in [0, 0.1) is 6.92 Å². The van der Waals surface area contributed by atoms with Crippen molar-refractivity contribution in [1.29, 1.82) is 0 Å². The maximum absolute atomic E-state index is 12.7. The molecule has 8 heteroatoms. The summed E-state index contributed by atoms with van der Waals surface area (Å²) in [7, 11) is 0. The topological polar surface area (TPSA) is 81.8 Å². The minimum atomic E-state index is -0.344. The number of fused-ring (bicyclic) bond motifs is 1. The van der Waals surface area contributed by atoms with Gasteiger partial charge in [-0.15, -0.1) is 0 Å². The number of carbonyl (C=O) groups excluding carboxylic acids is 1. The number of hydrogen-bond donors (Lipinski definition) is 1. The molecule has 0 saturated carbocycles. The average Bonchev–Trinajstić information content (AvgIpc) is 3.14. The van der Waals surface area contributed by atoms with Crippen molar-refractivity contribution in [1.82, 2.24) is 19.6 Å². The Morgan fingerprint density at radius 1 is 1.03 bits per heavy atom. The maximum Gasteiger partial charge on any atom is 0.275 e. The van der Waals surface area contributed by atoms with Crippen LogP contribution in [0.4, 0.5) is 5.82 Å². The van der Waals surface area contributed by atoms with E-state index in [4.69, 9.17) is 0 Å². The predicted molar refractivity (Wildman–Crippen MR) is 115 cm³/mol. The number of hydrogen-bond acceptors (Lipinski definition) is 4. The van der Waals surface area contributed by atoms with E-state index in [2.05, 4.69) is 31.4 Å². The van der Waals surface area contributed by atoms with Crippen LogP contribution in [0.15, 0.2) is 70.1 Å². The second kappa shape index (κ2) is 8.00. The number of anilines is 1. The van der Waals surface area contributed by atoms with Gasteiger partial charge in [-0.1, -0.05) is 52.3 Å². The zero-order valence-electron chi connectivity index (χ0n) is 15.7. The van der Waals surface area contributed by atoms with Crippen LogP contribution in [0.25, 0.3) is 10.8 Å². The molecule has 4 rings (SSSR count). The van der Waals surface area contributed by atoms with E-state index in [1.807, 2.05) is 43.3 Å². The van der Waals surface area contributed by atoms with E-state index in [9.17, 15) is 9.59 Å². The highest BCUT2D eigenvalue weighted by molar-refractivity contribution is 9.10. The highest BCUT2D eigenvalue weighted by atomic mass is 79.9. The highest BCUT2D eigenvalue weighted by Crippen LogP contribution is 2.19. The molecular formula is C21H18BrN5O2. The van der Waals surface area contributed by atoms with E-state index in [1.165, 1.54) is 4.68 Å². The van der Waals surface area contributed by atoms with E-state index in [1.54, 1.807) is 29.1 Å². The van der Waals surface area contributed by atoms with Crippen LogP contribution < -0.4 is 10.9 Å². The van der Waals surface area contributed by atoms with E-state index in [0.717, 1.165) is 15.4 Å². The van der Waals surface area contributed by atoms with Crippen LogP contribution in [-0.4, -0.2) is 25.5 Å². The third-order valence-electron chi connectivity index (χ3n) is 4.61. The first-order valence-electron chi connectivity index (χ1n) is 9.04. The maximum atomic E-state index is 12.7. The Hall–Kier alpha value is -3.26. The van der Waals surface area contributed by atoms with Gasteiger partial charge in [0.15, 0.2) is 0 Å². The number of carbonyl (C=O) groups is 1. The Balaban J connectivity index is 1.54. The molecule has 1 N–H and O–H groups in total. The van der Waals surface area contributed by atoms with Crippen molar-refractivity contribution in [3.63, 3.8) is 0 Å². The standard InChI is InChI=1S/C21H18BrN5O2/c1-14-16-7-3-4-8-17(16)21(29)27(25-14)13-20(28)24-19-10-11-23-26(19)12-15-6-2-5-9-18(15)22/h2-11H,12-13H2,1H3,(H,24,28). The van der Waals surface area contributed by atoms with Gasteiger partial charge in [0.1, 0.15) is 12.4 Å². The Bertz CT molecular complexity index is 1260.